The summed E-state index contributed by atoms with van der Waals surface area (Å²) in [4.78, 5) is 0. The molecule has 0 amide bonds. The molecule has 8 aromatic rings. The lowest BCUT2D eigenvalue weighted by Gasteiger charge is -2.18. The molecule has 0 aliphatic rings. The van der Waals surface area contributed by atoms with Crippen LogP contribution in [0.25, 0.3) is 74.6 Å². The molecule has 0 N–H and O–H groups in total. The van der Waals surface area contributed by atoms with Crippen LogP contribution in [0.1, 0.15) is 20.0 Å². The van der Waals surface area contributed by atoms with Gasteiger partial charge in [-0.05, 0) is 72.1 Å². The van der Waals surface area contributed by atoms with Gasteiger partial charge >= 0.3 is 0 Å². The summed E-state index contributed by atoms with van der Waals surface area (Å²) in [6.07, 6.45) is 0. The van der Waals surface area contributed by atoms with Crippen molar-refractivity contribution in [2.24, 2.45) is 0 Å². The highest BCUT2D eigenvalue weighted by Gasteiger charge is 2.24. The highest BCUT2D eigenvalue weighted by molar-refractivity contribution is 7.15. The first-order valence-electron chi connectivity index (χ1n) is 12.4. The maximum Gasteiger partial charge on any atom is 0.148 e. The third-order valence-corrected chi connectivity index (χ3v) is 10.4. The molecule has 0 bridgehead atoms. The Kier molecular flexibility index (Phi) is 5.30. The van der Waals surface area contributed by atoms with E-state index in [0.29, 0.717) is 0 Å². The zero-order chi connectivity index (χ0) is 27.1. The number of aromatic nitrogens is 8. The van der Waals surface area contributed by atoms with E-state index in [9.17, 15) is 0 Å². The molecule has 4 heterocycles. The van der Waals surface area contributed by atoms with E-state index in [0.717, 1.165) is 94.6 Å². The summed E-state index contributed by atoms with van der Waals surface area (Å²) in [7, 11) is 0. The van der Waals surface area contributed by atoms with Crippen LogP contribution in [-0.2, 0) is 0 Å². The topological polar surface area (TPSA) is 103 Å². The Morgan fingerprint density at radius 1 is 0.375 bits per heavy atom. The molecule has 194 valence electrons. The van der Waals surface area contributed by atoms with Crippen LogP contribution >= 0.6 is 45.3 Å². The average Bonchev–Trinajstić information content (AvgIpc) is 3.76. The van der Waals surface area contributed by atoms with Crippen molar-refractivity contribution in [1.29, 1.82) is 0 Å². The number of hydrogen-bond donors (Lipinski definition) is 0. The van der Waals surface area contributed by atoms with Gasteiger partial charge in [0.25, 0.3) is 0 Å². The van der Waals surface area contributed by atoms with Crippen LogP contribution in [0, 0.1) is 27.7 Å². The van der Waals surface area contributed by atoms with E-state index in [1.807, 2.05) is 27.7 Å². The van der Waals surface area contributed by atoms with E-state index in [2.05, 4.69) is 77.2 Å². The standard InChI is InChI=1S/C28H18N8S4/c1-11-29-33-25(37-11)19-9-20(26-34-30-12(2)38-26)16-7-8-18-22(28-36-32-14(4)40-28)10-21(27-35-31-13(3)39-27)17-6-5-15(19)23(16)24(17)18/h5-10H,1-4H3. The lowest BCUT2D eigenvalue weighted by Crippen LogP contribution is -1.94. The van der Waals surface area contributed by atoms with Crippen molar-refractivity contribution in [2.75, 3.05) is 0 Å². The predicted molar refractivity (Wildman–Crippen MR) is 165 cm³/mol. The molecule has 0 spiro atoms. The van der Waals surface area contributed by atoms with E-state index in [1.54, 1.807) is 45.3 Å². The Balaban J connectivity index is 1.59. The highest BCUT2D eigenvalue weighted by atomic mass is 32.1. The van der Waals surface area contributed by atoms with Gasteiger partial charge in [0, 0.05) is 22.3 Å². The summed E-state index contributed by atoms with van der Waals surface area (Å²) < 4.78 is 0. The third-order valence-electron chi connectivity index (χ3n) is 6.92. The minimum absolute atomic E-state index is 0.887. The first-order chi connectivity index (χ1) is 19.4. The maximum absolute atomic E-state index is 4.55. The Hall–Kier alpha value is -3.84. The maximum atomic E-state index is 4.55. The summed E-state index contributed by atoms with van der Waals surface area (Å²) in [6, 6.07) is 13.2. The lowest BCUT2D eigenvalue weighted by molar-refractivity contribution is 1.05. The zero-order valence-corrected chi connectivity index (χ0v) is 24.9. The van der Waals surface area contributed by atoms with Gasteiger partial charge < -0.3 is 0 Å². The van der Waals surface area contributed by atoms with Crippen LogP contribution < -0.4 is 0 Å². The van der Waals surface area contributed by atoms with E-state index in [1.165, 1.54) is 0 Å². The summed E-state index contributed by atoms with van der Waals surface area (Å²) in [5.41, 5.74) is 4.17. The summed E-state index contributed by atoms with van der Waals surface area (Å²) in [5, 5.41) is 49.6. The Morgan fingerprint density at radius 2 is 0.625 bits per heavy atom. The monoisotopic (exact) mass is 594 g/mol. The fraction of sp³-hybridized carbons (Fsp3) is 0.143. The Morgan fingerprint density at radius 3 is 0.825 bits per heavy atom. The van der Waals surface area contributed by atoms with Crippen molar-refractivity contribution < 1.29 is 0 Å². The van der Waals surface area contributed by atoms with Crippen LogP contribution in [-0.4, -0.2) is 40.8 Å². The predicted octanol–water partition coefficient (Wildman–Crippen LogP) is 7.89. The molecule has 0 saturated heterocycles. The summed E-state index contributed by atoms with van der Waals surface area (Å²) in [6.45, 7) is 7.94. The Labute approximate surface area is 243 Å². The zero-order valence-electron chi connectivity index (χ0n) is 21.7. The molecule has 8 nitrogen and oxygen atoms in total. The average molecular weight is 595 g/mol. The van der Waals surface area contributed by atoms with Gasteiger partial charge in [0.1, 0.15) is 40.1 Å². The van der Waals surface area contributed by atoms with Crippen LogP contribution in [0.2, 0.25) is 0 Å². The van der Waals surface area contributed by atoms with Crippen molar-refractivity contribution in [2.45, 2.75) is 27.7 Å². The number of hydrogen-bond acceptors (Lipinski definition) is 12. The van der Waals surface area contributed by atoms with Gasteiger partial charge in [-0.15, -0.1) is 40.8 Å². The SMILES string of the molecule is Cc1nnc(-c2cc(-c3nnc(C)s3)c3ccc4c(-c5nnc(C)s5)cc(-c5nnc(C)s5)c5ccc2c3c54)s1. The van der Waals surface area contributed by atoms with Crippen molar-refractivity contribution in [3.8, 4) is 42.3 Å². The number of benzene rings is 4. The first-order valence-corrected chi connectivity index (χ1v) is 15.7. The first kappa shape index (κ1) is 24.0. The van der Waals surface area contributed by atoms with Gasteiger partial charge in [0.2, 0.25) is 0 Å². The summed E-state index contributed by atoms with van der Waals surface area (Å²) in [5.74, 6) is 0. The third kappa shape index (κ3) is 3.60. The number of rotatable bonds is 4. The van der Waals surface area contributed by atoms with Gasteiger partial charge in [0.15, 0.2) is 0 Å². The molecule has 0 aliphatic heterocycles. The largest absolute Gasteiger partial charge is 0.148 e. The van der Waals surface area contributed by atoms with Crippen molar-refractivity contribution in [3.05, 3.63) is 56.4 Å². The van der Waals surface area contributed by atoms with Crippen molar-refractivity contribution >= 4 is 77.7 Å². The minimum Gasteiger partial charge on any atom is -0.143 e. The lowest BCUT2D eigenvalue weighted by atomic mass is 9.86. The molecule has 0 aliphatic carbocycles. The Bertz CT molecular complexity index is 1930. The number of nitrogens with zero attached hydrogens (tertiary/aromatic N) is 8. The van der Waals surface area contributed by atoms with Gasteiger partial charge in [-0.3, -0.25) is 0 Å². The van der Waals surface area contributed by atoms with Gasteiger partial charge in [-0.25, -0.2) is 0 Å². The quantitative estimate of drug-likeness (QED) is 0.190. The normalized spacial score (nSPS) is 12.0. The van der Waals surface area contributed by atoms with E-state index >= 15 is 0 Å². The van der Waals surface area contributed by atoms with Crippen molar-refractivity contribution in [3.63, 3.8) is 0 Å². The van der Waals surface area contributed by atoms with Crippen LogP contribution in [0.5, 0.6) is 0 Å². The molecule has 0 saturated carbocycles. The second kappa shape index (κ2) is 8.83. The van der Waals surface area contributed by atoms with Crippen LogP contribution in [0.3, 0.4) is 0 Å². The fourth-order valence-corrected chi connectivity index (χ4v) is 8.21. The van der Waals surface area contributed by atoms with Gasteiger partial charge in [-0.1, -0.05) is 69.6 Å². The molecule has 4 aromatic heterocycles. The van der Waals surface area contributed by atoms with E-state index in [4.69, 9.17) is 0 Å². The molecule has 40 heavy (non-hydrogen) atoms. The summed E-state index contributed by atoms with van der Waals surface area (Å²) >= 11 is 6.39. The molecule has 0 radical (unpaired) electrons. The number of aryl methyl sites for hydroxylation is 4. The van der Waals surface area contributed by atoms with Crippen LogP contribution in [0.4, 0.5) is 0 Å². The molecular formula is C28H18N8S4. The molecule has 8 rings (SSSR count). The second-order valence-electron chi connectivity index (χ2n) is 9.52. The molecular weight excluding hydrogens is 577 g/mol. The van der Waals surface area contributed by atoms with Crippen LogP contribution in [0.15, 0.2) is 36.4 Å². The smallest absolute Gasteiger partial charge is 0.143 e. The minimum atomic E-state index is 0.887. The second-order valence-corrected chi connectivity index (χ2v) is 14.2. The van der Waals surface area contributed by atoms with E-state index < -0.39 is 0 Å². The van der Waals surface area contributed by atoms with E-state index in [-0.39, 0.29) is 0 Å². The van der Waals surface area contributed by atoms with Crippen molar-refractivity contribution in [1.82, 2.24) is 40.8 Å². The molecule has 12 heteroatoms. The van der Waals surface area contributed by atoms with Gasteiger partial charge in [0.05, 0.1) is 0 Å². The molecule has 4 aromatic carbocycles. The van der Waals surface area contributed by atoms with Gasteiger partial charge in [-0.2, -0.15) is 0 Å². The highest BCUT2D eigenvalue weighted by Crippen LogP contribution is 2.49. The fourth-order valence-electron chi connectivity index (χ4n) is 5.32. The molecule has 0 atom stereocenters. The molecule has 0 fully saturated rings. The molecule has 0 unspecified atom stereocenters.